The normalized spacial score (nSPS) is 10.4. The SMILES string of the molecule is Nc1cccc(S(=O)(=O)O)c1.[NaH]. The molecular weight excluding hydrogens is 189 g/mol. The molecule has 4 nitrogen and oxygen atoms in total. The van der Waals surface area contributed by atoms with E-state index in [0.717, 1.165) is 0 Å². The van der Waals surface area contributed by atoms with Crippen molar-refractivity contribution in [3.63, 3.8) is 0 Å². The van der Waals surface area contributed by atoms with Crippen LogP contribution >= 0.6 is 0 Å². The molecule has 1 aromatic rings. The predicted octanol–water partition coefficient (Wildman–Crippen LogP) is -0.133. The molecule has 0 aliphatic carbocycles. The van der Waals surface area contributed by atoms with Crippen LogP contribution in [-0.2, 0) is 10.1 Å². The van der Waals surface area contributed by atoms with E-state index in [2.05, 4.69) is 0 Å². The number of nitrogen functional groups attached to an aromatic ring is 1. The third-order valence-electron chi connectivity index (χ3n) is 1.16. The Balaban J connectivity index is 0.00000121. The molecule has 0 bridgehead atoms. The molecule has 0 amide bonds. The van der Waals surface area contributed by atoms with Crippen molar-refractivity contribution in [3.05, 3.63) is 24.3 Å². The quantitative estimate of drug-likeness (QED) is 0.373. The summed E-state index contributed by atoms with van der Waals surface area (Å²) in [6, 6.07) is 5.45. The van der Waals surface area contributed by atoms with Gasteiger partial charge in [-0.15, -0.1) is 0 Å². The van der Waals surface area contributed by atoms with Crippen LogP contribution in [0.1, 0.15) is 0 Å². The van der Waals surface area contributed by atoms with Crippen molar-refractivity contribution < 1.29 is 13.0 Å². The van der Waals surface area contributed by atoms with Crippen LogP contribution in [0.15, 0.2) is 29.2 Å². The summed E-state index contributed by atoms with van der Waals surface area (Å²) in [5.74, 6) is 0. The summed E-state index contributed by atoms with van der Waals surface area (Å²) in [6.07, 6.45) is 0. The van der Waals surface area contributed by atoms with Gasteiger partial charge in [-0.25, -0.2) is 0 Å². The summed E-state index contributed by atoms with van der Waals surface area (Å²) in [6.45, 7) is 0. The number of nitrogens with two attached hydrogens (primary N) is 1. The molecule has 0 atom stereocenters. The van der Waals surface area contributed by atoms with Gasteiger partial charge in [0.05, 0.1) is 4.90 Å². The molecule has 0 aliphatic heterocycles. The Morgan fingerprint density at radius 3 is 2.25 bits per heavy atom. The Labute approximate surface area is 92.8 Å². The van der Waals surface area contributed by atoms with Gasteiger partial charge in [0.15, 0.2) is 0 Å². The number of rotatable bonds is 1. The Hall–Kier alpha value is -0.0700. The van der Waals surface area contributed by atoms with Crippen LogP contribution in [0, 0.1) is 0 Å². The molecule has 62 valence electrons. The molecule has 0 aliphatic rings. The first-order chi connectivity index (χ1) is 5.00. The fourth-order valence-electron chi connectivity index (χ4n) is 0.675. The number of benzene rings is 1. The minimum absolute atomic E-state index is 0. The maximum atomic E-state index is 10.5. The van der Waals surface area contributed by atoms with E-state index in [1.807, 2.05) is 0 Å². The van der Waals surface area contributed by atoms with E-state index in [4.69, 9.17) is 10.3 Å². The molecule has 0 heterocycles. The Morgan fingerprint density at radius 2 is 1.92 bits per heavy atom. The third-order valence-corrected chi connectivity index (χ3v) is 2.01. The average Bonchev–Trinajstić information content (AvgIpc) is 1.86. The number of anilines is 1. The van der Waals surface area contributed by atoms with Gasteiger partial charge in [-0.05, 0) is 18.2 Å². The first-order valence-corrected chi connectivity index (χ1v) is 4.27. The van der Waals surface area contributed by atoms with Crippen LogP contribution in [-0.4, -0.2) is 42.5 Å². The summed E-state index contributed by atoms with van der Waals surface area (Å²) >= 11 is 0. The van der Waals surface area contributed by atoms with Crippen LogP contribution in [0.4, 0.5) is 5.69 Å². The van der Waals surface area contributed by atoms with E-state index in [1.54, 1.807) is 0 Å². The van der Waals surface area contributed by atoms with E-state index < -0.39 is 10.1 Å². The van der Waals surface area contributed by atoms with Gasteiger partial charge < -0.3 is 5.73 Å². The topological polar surface area (TPSA) is 80.4 Å². The molecule has 6 heteroatoms. The summed E-state index contributed by atoms with van der Waals surface area (Å²) in [7, 11) is -4.11. The number of hydrogen-bond donors (Lipinski definition) is 2. The molecule has 0 saturated carbocycles. The molecule has 0 spiro atoms. The zero-order valence-electron chi connectivity index (χ0n) is 5.56. The van der Waals surface area contributed by atoms with Crippen LogP contribution in [0.5, 0.6) is 0 Å². The van der Waals surface area contributed by atoms with Crippen molar-refractivity contribution in [2.45, 2.75) is 4.90 Å². The maximum absolute atomic E-state index is 10.5. The van der Waals surface area contributed by atoms with Gasteiger partial charge in [-0.1, -0.05) is 6.07 Å². The minimum atomic E-state index is -4.11. The van der Waals surface area contributed by atoms with Gasteiger partial charge in [0.1, 0.15) is 0 Å². The zero-order valence-corrected chi connectivity index (χ0v) is 6.38. The summed E-state index contributed by atoms with van der Waals surface area (Å²) in [5.41, 5.74) is 5.59. The van der Waals surface area contributed by atoms with Crippen molar-refractivity contribution in [3.8, 4) is 0 Å². The molecule has 1 aromatic carbocycles. The van der Waals surface area contributed by atoms with Gasteiger partial charge in [-0.2, -0.15) is 8.42 Å². The standard InChI is InChI=1S/C6H7NO3S.Na.H/c7-5-2-1-3-6(4-5)11(8,9)10;;/h1-4H,7H2,(H,8,9,10);;. The zero-order chi connectivity index (χ0) is 8.48. The molecule has 0 aromatic heterocycles. The average molecular weight is 197 g/mol. The van der Waals surface area contributed by atoms with Crippen molar-refractivity contribution in [1.82, 2.24) is 0 Å². The first kappa shape index (κ1) is 11.9. The van der Waals surface area contributed by atoms with Gasteiger partial charge in [0, 0.05) is 5.69 Å². The molecule has 0 unspecified atom stereocenters. The van der Waals surface area contributed by atoms with E-state index in [9.17, 15) is 8.42 Å². The molecule has 3 N–H and O–H groups in total. The fourth-order valence-corrected chi connectivity index (χ4v) is 1.21. The van der Waals surface area contributed by atoms with Crippen LogP contribution < -0.4 is 5.73 Å². The summed E-state index contributed by atoms with van der Waals surface area (Å²) in [5, 5.41) is 0. The first-order valence-electron chi connectivity index (χ1n) is 2.83. The molecule has 0 radical (unpaired) electrons. The molecule has 0 saturated heterocycles. The van der Waals surface area contributed by atoms with Crippen LogP contribution in [0.3, 0.4) is 0 Å². The Morgan fingerprint density at radius 1 is 1.33 bits per heavy atom. The Bertz CT molecular complexity index is 363. The second-order valence-corrected chi connectivity index (χ2v) is 3.47. The van der Waals surface area contributed by atoms with Crippen molar-refractivity contribution >= 4 is 45.4 Å². The fraction of sp³-hybridized carbons (Fsp3) is 0. The van der Waals surface area contributed by atoms with Crippen molar-refractivity contribution in [1.29, 1.82) is 0 Å². The Kier molecular flexibility index (Phi) is 4.22. The van der Waals surface area contributed by atoms with E-state index in [-0.39, 0.29) is 34.5 Å². The van der Waals surface area contributed by atoms with E-state index in [1.165, 1.54) is 24.3 Å². The predicted molar refractivity (Wildman–Crippen MR) is 47.8 cm³/mol. The monoisotopic (exact) mass is 197 g/mol. The molecule has 12 heavy (non-hydrogen) atoms. The second-order valence-electron chi connectivity index (χ2n) is 2.05. The molecule has 0 fully saturated rings. The van der Waals surface area contributed by atoms with Crippen molar-refractivity contribution in [2.24, 2.45) is 0 Å². The molecule has 1 rings (SSSR count). The van der Waals surface area contributed by atoms with Gasteiger partial charge in [0.25, 0.3) is 10.1 Å². The van der Waals surface area contributed by atoms with Crippen molar-refractivity contribution in [2.75, 3.05) is 5.73 Å². The number of hydrogen-bond acceptors (Lipinski definition) is 3. The van der Waals surface area contributed by atoms with E-state index >= 15 is 0 Å². The van der Waals surface area contributed by atoms with Crippen LogP contribution in [0.25, 0.3) is 0 Å². The van der Waals surface area contributed by atoms with Gasteiger partial charge in [-0.3, -0.25) is 4.55 Å². The summed E-state index contributed by atoms with van der Waals surface area (Å²) in [4.78, 5) is -0.183. The van der Waals surface area contributed by atoms with Gasteiger partial charge >= 0.3 is 29.6 Å². The third kappa shape index (κ3) is 3.12. The second kappa shape index (κ2) is 4.25. The van der Waals surface area contributed by atoms with Gasteiger partial charge in [0.2, 0.25) is 0 Å². The summed E-state index contributed by atoms with van der Waals surface area (Å²) < 4.78 is 29.5. The molecular formula is C6H8NNaO3S. The van der Waals surface area contributed by atoms with E-state index in [0.29, 0.717) is 5.69 Å². The van der Waals surface area contributed by atoms with Crippen LogP contribution in [0.2, 0.25) is 0 Å².